The van der Waals surface area contributed by atoms with Gasteiger partial charge in [-0.3, -0.25) is 9.59 Å². The van der Waals surface area contributed by atoms with Crippen molar-refractivity contribution in [3.05, 3.63) is 106 Å². The highest BCUT2D eigenvalue weighted by Gasteiger charge is 2.24. The average molecular weight is 568 g/mol. The molecule has 0 bridgehead atoms. The first-order valence-electron chi connectivity index (χ1n) is 13.7. The Morgan fingerprint density at radius 2 is 1.66 bits per heavy atom. The van der Waals surface area contributed by atoms with Gasteiger partial charge in [0.05, 0.1) is 18.8 Å². The number of aliphatic hydroxyl groups is 1. The molecule has 41 heavy (non-hydrogen) atoms. The summed E-state index contributed by atoms with van der Waals surface area (Å²) in [6, 6.07) is 15.2. The molecule has 0 heterocycles. The number of ether oxygens (including phenoxy) is 1. The van der Waals surface area contributed by atoms with Gasteiger partial charge in [0, 0.05) is 51.0 Å². The lowest BCUT2D eigenvalue weighted by atomic mass is 9.99. The third-order valence-electron chi connectivity index (χ3n) is 6.81. The molecule has 0 aliphatic rings. The van der Waals surface area contributed by atoms with Crippen LogP contribution in [0, 0.1) is 18.6 Å². The number of aryl methyl sites for hydroxylation is 2. The number of likely N-dealkylation sites (N-methyl/N-ethyl adjacent to an activating group) is 1. The van der Waals surface area contributed by atoms with E-state index >= 15 is 0 Å². The van der Waals surface area contributed by atoms with Crippen molar-refractivity contribution in [1.29, 1.82) is 0 Å². The summed E-state index contributed by atoms with van der Waals surface area (Å²) >= 11 is 0. The van der Waals surface area contributed by atoms with Crippen molar-refractivity contribution in [2.75, 3.05) is 33.9 Å². The molecule has 3 aromatic carbocycles. The second kappa shape index (κ2) is 15.4. The minimum Gasteiger partial charge on any atom is -0.390 e. The summed E-state index contributed by atoms with van der Waals surface area (Å²) in [5.41, 5.74) is 3.83. The van der Waals surface area contributed by atoms with Gasteiger partial charge < -0.3 is 25.4 Å². The summed E-state index contributed by atoms with van der Waals surface area (Å²) in [5.74, 6) is -2.26. The number of carbonyl (C=O) groups is 2. The predicted molar refractivity (Wildman–Crippen MR) is 155 cm³/mol. The largest absolute Gasteiger partial charge is 0.390 e. The maximum Gasteiger partial charge on any atom is 0.253 e. The Morgan fingerprint density at radius 1 is 0.976 bits per heavy atom. The van der Waals surface area contributed by atoms with Gasteiger partial charge in [0.25, 0.3) is 11.8 Å². The molecule has 0 radical (unpaired) electrons. The van der Waals surface area contributed by atoms with Crippen molar-refractivity contribution < 1.29 is 28.2 Å². The first kappa shape index (κ1) is 31.9. The molecule has 220 valence electrons. The van der Waals surface area contributed by atoms with E-state index in [2.05, 4.69) is 23.6 Å². The fraction of sp³-hybridized carbons (Fsp3) is 0.375. The monoisotopic (exact) mass is 567 g/mol. The smallest absolute Gasteiger partial charge is 0.253 e. The molecule has 0 fully saturated rings. The highest BCUT2D eigenvalue weighted by atomic mass is 19.1. The summed E-state index contributed by atoms with van der Waals surface area (Å²) in [4.78, 5) is 27.8. The molecule has 0 aliphatic heterocycles. The Balaban J connectivity index is 1.78. The zero-order valence-electron chi connectivity index (χ0n) is 24.0. The number of hydrogen-bond donors (Lipinski definition) is 3. The molecule has 0 spiro atoms. The van der Waals surface area contributed by atoms with Crippen LogP contribution in [0.3, 0.4) is 0 Å². The van der Waals surface area contributed by atoms with Crippen LogP contribution in [0.25, 0.3) is 0 Å². The molecule has 3 N–H and O–H groups in total. The highest BCUT2D eigenvalue weighted by molar-refractivity contribution is 6.00. The number of amides is 2. The van der Waals surface area contributed by atoms with Crippen molar-refractivity contribution in [3.63, 3.8) is 0 Å². The van der Waals surface area contributed by atoms with Crippen molar-refractivity contribution in [2.45, 2.75) is 45.4 Å². The van der Waals surface area contributed by atoms with Gasteiger partial charge in [-0.05, 0) is 72.4 Å². The number of rotatable bonds is 14. The molecular formula is C32H39F2N3O4. The number of halogens is 2. The summed E-state index contributed by atoms with van der Waals surface area (Å²) in [7, 11) is 3.20. The van der Waals surface area contributed by atoms with Crippen LogP contribution in [0.1, 0.15) is 49.9 Å². The minimum atomic E-state index is -1.08. The summed E-state index contributed by atoms with van der Waals surface area (Å²) < 4.78 is 32.9. The molecule has 0 saturated heterocycles. The van der Waals surface area contributed by atoms with Gasteiger partial charge in [0.15, 0.2) is 0 Å². The lowest BCUT2D eigenvalue weighted by Crippen LogP contribution is -2.48. The number of nitrogens with zero attached hydrogens (tertiary/aromatic N) is 1. The van der Waals surface area contributed by atoms with Crippen LogP contribution < -0.4 is 10.6 Å². The topological polar surface area (TPSA) is 90.9 Å². The second-order valence-corrected chi connectivity index (χ2v) is 10.2. The van der Waals surface area contributed by atoms with Gasteiger partial charge in [-0.2, -0.15) is 0 Å². The van der Waals surface area contributed by atoms with Gasteiger partial charge in [0.1, 0.15) is 11.6 Å². The molecule has 3 rings (SSSR count). The third-order valence-corrected chi connectivity index (χ3v) is 6.81. The summed E-state index contributed by atoms with van der Waals surface area (Å²) in [6.07, 6.45) is -0.179. The van der Waals surface area contributed by atoms with E-state index in [4.69, 9.17) is 4.74 Å². The molecule has 0 aliphatic carbocycles. The number of hydrogen-bond acceptors (Lipinski definition) is 5. The van der Waals surface area contributed by atoms with Gasteiger partial charge in [0.2, 0.25) is 0 Å². The predicted octanol–water partition coefficient (Wildman–Crippen LogP) is 4.05. The Bertz CT molecular complexity index is 1310. The maximum atomic E-state index is 13.9. The average Bonchev–Trinajstić information content (AvgIpc) is 2.94. The molecule has 9 heteroatoms. The molecule has 0 unspecified atom stereocenters. The van der Waals surface area contributed by atoms with E-state index in [-0.39, 0.29) is 24.4 Å². The van der Waals surface area contributed by atoms with Crippen LogP contribution in [0.5, 0.6) is 0 Å². The number of nitrogens with one attached hydrogen (secondary N) is 2. The van der Waals surface area contributed by atoms with Gasteiger partial charge in [-0.1, -0.05) is 31.2 Å². The lowest BCUT2D eigenvalue weighted by molar-refractivity contribution is 0.0744. The van der Waals surface area contributed by atoms with Gasteiger partial charge >= 0.3 is 0 Å². The molecule has 0 saturated carbocycles. The minimum absolute atomic E-state index is 0.00799. The third kappa shape index (κ3) is 9.74. The summed E-state index contributed by atoms with van der Waals surface area (Å²) in [5, 5.41) is 17.1. The van der Waals surface area contributed by atoms with Crippen molar-refractivity contribution in [2.24, 2.45) is 0 Å². The number of benzene rings is 3. The van der Waals surface area contributed by atoms with E-state index in [1.807, 2.05) is 18.2 Å². The van der Waals surface area contributed by atoms with Gasteiger partial charge in [-0.25, -0.2) is 8.78 Å². The fourth-order valence-corrected chi connectivity index (χ4v) is 4.57. The second-order valence-electron chi connectivity index (χ2n) is 10.2. The van der Waals surface area contributed by atoms with Crippen molar-refractivity contribution in [3.8, 4) is 0 Å². The molecule has 2 amide bonds. The Kier molecular flexibility index (Phi) is 11.9. The first-order chi connectivity index (χ1) is 19.6. The molecule has 2 atom stereocenters. The van der Waals surface area contributed by atoms with E-state index in [0.29, 0.717) is 36.4 Å². The first-order valence-corrected chi connectivity index (χ1v) is 13.7. The Labute approximate surface area is 240 Å². The van der Waals surface area contributed by atoms with Crippen molar-refractivity contribution >= 4 is 11.8 Å². The normalized spacial score (nSPS) is 12.6. The van der Waals surface area contributed by atoms with E-state index in [1.54, 1.807) is 33.2 Å². The molecule has 0 aromatic heterocycles. The molecular weight excluding hydrogens is 528 g/mol. The number of methoxy groups -OCH3 is 1. The van der Waals surface area contributed by atoms with Crippen LogP contribution >= 0.6 is 0 Å². The molecule has 7 nitrogen and oxygen atoms in total. The zero-order valence-corrected chi connectivity index (χ0v) is 24.0. The van der Waals surface area contributed by atoms with E-state index in [1.165, 1.54) is 28.7 Å². The zero-order chi connectivity index (χ0) is 29.9. The highest BCUT2D eigenvalue weighted by Crippen LogP contribution is 2.15. The van der Waals surface area contributed by atoms with Crippen molar-refractivity contribution in [1.82, 2.24) is 15.5 Å². The maximum absolute atomic E-state index is 13.9. The van der Waals surface area contributed by atoms with E-state index in [9.17, 15) is 23.5 Å². The number of carbonyl (C=O) groups excluding carboxylic acids is 2. The lowest BCUT2D eigenvalue weighted by Gasteiger charge is -2.25. The fourth-order valence-electron chi connectivity index (χ4n) is 4.57. The number of aliphatic hydroxyl groups excluding tert-OH is 1. The van der Waals surface area contributed by atoms with Crippen LogP contribution in [-0.2, 0) is 24.1 Å². The standard InChI is InChI=1S/C32H39F2N3O4/c1-5-22-7-6-8-23(13-22)19-35-20-30(38)29(16-24-14-27(33)18-28(34)15-24)36-31(39)25-11-21(2)12-26(17-25)32(40)37(3)9-10-41-4/h6-8,11-15,17-18,29-30,35,38H,5,9-10,16,19-20H2,1-4H3,(H,36,39)/t29-,30+/m0/s1. The SMILES string of the molecule is CCc1cccc(CNC[C@@H](O)[C@H](Cc2cc(F)cc(F)c2)NC(=O)c2cc(C)cc(C(=O)N(C)CCOC)c2)c1. The van der Waals surface area contributed by atoms with Crippen LogP contribution in [0.15, 0.2) is 60.7 Å². The van der Waals surface area contributed by atoms with Gasteiger partial charge in [-0.15, -0.1) is 0 Å². The summed E-state index contributed by atoms with van der Waals surface area (Å²) in [6.45, 7) is 5.24. The Hall–Kier alpha value is -3.66. The Morgan fingerprint density at radius 3 is 2.34 bits per heavy atom. The van der Waals surface area contributed by atoms with Crippen LogP contribution in [0.2, 0.25) is 0 Å². The van der Waals surface area contributed by atoms with E-state index < -0.39 is 29.7 Å². The molecule has 3 aromatic rings. The van der Waals surface area contributed by atoms with E-state index in [0.717, 1.165) is 18.1 Å². The quantitative estimate of drug-likeness (QED) is 0.274. The van der Waals surface area contributed by atoms with Crippen LogP contribution in [-0.4, -0.2) is 67.8 Å². The van der Waals surface area contributed by atoms with Crippen LogP contribution in [0.4, 0.5) is 8.78 Å².